The Labute approximate surface area is 185 Å². The highest BCUT2D eigenvalue weighted by Crippen LogP contribution is 2.46. The second kappa shape index (κ2) is 7.17. The summed E-state index contributed by atoms with van der Waals surface area (Å²) in [7, 11) is 0. The Bertz CT molecular complexity index is 1120. The number of benzene rings is 1. The van der Waals surface area contributed by atoms with Crippen LogP contribution in [-0.2, 0) is 12.8 Å². The Kier molecular flexibility index (Phi) is 4.71. The van der Waals surface area contributed by atoms with E-state index in [9.17, 15) is 4.79 Å². The summed E-state index contributed by atoms with van der Waals surface area (Å²) in [5.41, 5.74) is 3.18. The molecule has 30 heavy (non-hydrogen) atoms. The summed E-state index contributed by atoms with van der Waals surface area (Å²) in [6.07, 6.45) is 2.77. The highest BCUT2D eigenvalue weighted by atomic mass is 35.5. The summed E-state index contributed by atoms with van der Waals surface area (Å²) >= 11 is 8.03. The number of nitrogens with one attached hydrogen (secondary N) is 2. The van der Waals surface area contributed by atoms with Crippen molar-refractivity contribution in [2.24, 2.45) is 11.3 Å². The number of anilines is 1. The zero-order chi connectivity index (χ0) is 21.0. The van der Waals surface area contributed by atoms with E-state index < -0.39 is 0 Å². The van der Waals surface area contributed by atoms with Crippen molar-refractivity contribution < 1.29 is 9.21 Å². The van der Waals surface area contributed by atoms with Gasteiger partial charge in [0.15, 0.2) is 6.17 Å². The summed E-state index contributed by atoms with van der Waals surface area (Å²) in [4.78, 5) is 14.4. The van der Waals surface area contributed by atoms with Gasteiger partial charge in [-0.2, -0.15) is 0 Å². The van der Waals surface area contributed by atoms with Gasteiger partial charge in [-0.25, -0.2) is 0 Å². The summed E-state index contributed by atoms with van der Waals surface area (Å²) in [5.74, 6) is 1.99. The second-order valence-electron chi connectivity index (χ2n) is 9.25. The smallest absolute Gasteiger partial charge is 0.256 e. The standard InChI is InChI=1S/C24H25ClN2O2S/c1-24(2,3)13-8-9-15-19(12-13)30-23-20(15)22(28)26-21(27-23)18-11-10-17(29-18)14-6-4-5-7-16(14)25/h4-7,10-11,13,21,27H,8-9,12H2,1-3H3,(H,26,28)/t13-,21+/m0/s1. The van der Waals surface area contributed by atoms with E-state index in [4.69, 9.17) is 16.0 Å². The minimum Gasteiger partial charge on any atom is -0.457 e. The van der Waals surface area contributed by atoms with Crippen molar-refractivity contribution in [3.05, 3.63) is 63.2 Å². The maximum atomic E-state index is 13.0. The average molecular weight is 441 g/mol. The van der Waals surface area contributed by atoms with Crippen LogP contribution >= 0.6 is 22.9 Å². The molecular formula is C24H25ClN2O2S. The van der Waals surface area contributed by atoms with E-state index in [-0.39, 0.29) is 17.5 Å². The molecule has 6 heteroatoms. The van der Waals surface area contributed by atoms with Crippen LogP contribution in [0.4, 0.5) is 5.00 Å². The van der Waals surface area contributed by atoms with Gasteiger partial charge in [-0.3, -0.25) is 4.79 Å². The van der Waals surface area contributed by atoms with Crippen LogP contribution in [0.25, 0.3) is 11.3 Å². The predicted octanol–water partition coefficient (Wildman–Crippen LogP) is 6.67. The summed E-state index contributed by atoms with van der Waals surface area (Å²) < 4.78 is 6.06. The summed E-state index contributed by atoms with van der Waals surface area (Å²) in [6, 6.07) is 11.4. The lowest BCUT2D eigenvalue weighted by atomic mass is 9.72. The summed E-state index contributed by atoms with van der Waals surface area (Å²) in [6.45, 7) is 6.93. The molecule has 0 unspecified atom stereocenters. The first-order valence-electron chi connectivity index (χ1n) is 10.4. The van der Waals surface area contributed by atoms with Crippen molar-refractivity contribution in [3.8, 4) is 11.3 Å². The first-order valence-corrected chi connectivity index (χ1v) is 11.6. The third kappa shape index (κ3) is 3.34. The number of furan rings is 1. The van der Waals surface area contributed by atoms with Crippen molar-refractivity contribution in [2.75, 3.05) is 5.32 Å². The van der Waals surface area contributed by atoms with Crippen LogP contribution in [0, 0.1) is 11.3 Å². The van der Waals surface area contributed by atoms with Gasteiger partial charge in [0, 0.05) is 10.4 Å². The average Bonchev–Trinajstić information content (AvgIpc) is 3.31. The van der Waals surface area contributed by atoms with Crippen molar-refractivity contribution in [3.63, 3.8) is 0 Å². The molecule has 1 aliphatic heterocycles. The van der Waals surface area contributed by atoms with Crippen LogP contribution in [0.5, 0.6) is 0 Å². The number of amides is 1. The largest absolute Gasteiger partial charge is 0.457 e. The SMILES string of the molecule is CC(C)(C)[C@H]1CCc2c(sc3c2C(=O)N[C@@H](c2ccc(-c4ccccc4Cl)o2)N3)C1. The number of hydrogen-bond donors (Lipinski definition) is 2. The van der Waals surface area contributed by atoms with Gasteiger partial charge in [-0.1, -0.05) is 44.5 Å². The minimum absolute atomic E-state index is 0.0175. The lowest BCUT2D eigenvalue weighted by Gasteiger charge is -2.34. The van der Waals surface area contributed by atoms with Gasteiger partial charge in [0.1, 0.15) is 16.5 Å². The number of rotatable bonds is 2. The minimum atomic E-state index is -0.389. The molecular weight excluding hydrogens is 416 g/mol. The zero-order valence-corrected chi connectivity index (χ0v) is 18.9. The molecule has 3 heterocycles. The van der Waals surface area contributed by atoms with Gasteiger partial charge < -0.3 is 15.1 Å². The van der Waals surface area contributed by atoms with Crippen molar-refractivity contribution in [2.45, 2.75) is 46.2 Å². The molecule has 2 aromatic heterocycles. The Morgan fingerprint density at radius 1 is 1.13 bits per heavy atom. The topological polar surface area (TPSA) is 54.3 Å². The molecule has 0 bridgehead atoms. The van der Waals surface area contributed by atoms with Gasteiger partial charge >= 0.3 is 0 Å². The molecule has 0 radical (unpaired) electrons. The Hall–Kier alpha value is -2.24. The molecule has 156 valence electrons. The van der Waals surface area contributed by atoms with Gasteiger partial charge in [-0.05, 0) is 60.4 Å². The van der Waals surface area contributed by atoms with E-state index in [1.807, 2.05) is 36.4 Å². The Morgan fingerprint density at radius 3 is 2.70 bits per heavy atom. The van der Waals surface area contributed by atoms with Crippen LogP contribution in [0.3, 0.4) is 0 Å². The van der Waals surface area contributed by atoms with Crippen LogP contribution in [0.1, 0.15) is 59.9 Å². The fourth-order valence-corrected chi connectivity index (χ4v) is 6.08. The third-order valence-electron chi connectivity index (χ3n) is 6.32. The summed E-state index contributed by atoms with van der Waals surface area (Å²) in [5, 5.41) is 8.17. The quantitative estimate of drug-likeness (QED) is 0.468. The van der Waals surface area contributed by atoms with Gasteiger partial charge in [0.2, 0.25) is 0 Å². The van der Waals surface area contributed by atoms with E-state index in [1.165, 1.54) is 10.4 Å². The maximum absolute atomic E-state index is 13.0. The lowest BCUT2D eigenvalue weighted by molar-refractivity contribution is 0.0930. The van der Waals surface area contributed by atoms with E-state index in [2.05, 4.69) is 31.4 Å². The zero-order valence-electron chi connectivity index (χ0n) is 17.3. The molecule has 1 aliphatic carbocycles. The van der Waals surface area contributed by atoms with Gasteiger partial charge in [0.25, 0.3) is 5.91 Å². The van der Waals surface area contributed by atoms with Crippen LogP contribution < -0.4 is 10.6 Å². The molecule has 4 nitrogen and oxygen atoms in total. The van der Waals surface area contributed by atoms with Gasteiger partial charge in [-0.15, -0.1) is 11.3 Å². The molecule has 0 fully saturated rings. The number of carbonyl (C=O) groups is 1. The van der Waals surface area contributed by atoms with E-state index in [1.54, 1.807) is 11.3 Å². The fraction of sp³-hybridized carbons (Fsp3) is 0.375. The molecule has 2 atom stereocenters. The van der Waals surface area contributed by atoms with Crippen LogP contribution in [-0.4, -0.2) is 5.91 Å². The molecule has 2 N–H and O–H groups in total. The van der Waals surface area contributed by atoms with Crippen molar-refractivity contribution in [1.29, 1.82) is 0 Å². The molecule has 0 saturated heterocycles. The van der Waals surface area contributed by atoms with Crippen LogP contribution in [0.15, 0.2) is 40.8 Å². The first-order chi connectivity index (χ1) is 14.3. The monoisotopic (exact) mass is 440 g/mol. The number of fused-ring (bicyclic) bond motifs is 3. The molecule has 1 amide bonds. The third-order valence-corrected chi connectivity index (χ3v) is 7.83. The first kappa shape index (κ1) is 19.7. The Morgan fingerprint density at radius 2 is 1.93 bits per heavy atom. The van der Waals surface area contributed by atoms with E-state index in [0.29, 0.717) is 22.5 Å². The lowest BCUT2D eigenvalue weighted by Crippen LogP contribution is -2.38. The molecule has 3 aromatic rings. The number of carbonyl (C=O) groups excluding carboxylic acids is 1. The molecule has 0 saturated carbocycles. The molecule has 0 spiro atoms. The highest BCUT2D eigenvalue weighted by Gasteiger charge is 2.37. The Balaban J connectivity index is 1.42. The van der Waals surface area contributed by atoms with Crippen molar-refractivity contribution in [1.82, 2.24) is 5.32 Å². The molecule has 2 aliphatic rings. The van der Waals surface area contributed by atoms with Gasteiger partial charge in [0.05, 0.1) is 10.6 Å². The van der Waals surface area contributed by atoms with E-state index >= 15 is 0 Å². The number of hydrogen-bond acceptors (Lipinski definition) is 4. The predicted molar refractivity (Wildman–Crippen MR) is 122 cm³/mol. The molecule has 1 aromatic carbocycles. The second-order valence-corrected chi connectivity index (χ2v) is 10.8. The van der Waals surface area contributed by atoms with Crippen LogP contribution in [0.2, 0.25) is 5.02 Å². The normalized spacial score (nSPS) is 20.9. The van der Waals surface area contributed by atoms with Crippen molar-refractivity contribution >= 4 is 33.8 Å². The number of halogens is 1. The van der Waals surface area contributed by atoms with E-state index in [0.717, 1.165) is 35.4 Å². The molecule has 5 rings (SSSR count). The fourth-order valence-electron chi connectivity index (χ4n) is 4.49. The highest BCUT2D eigenvalue weighted by molar-refractivity contribution is 7.16. The maximum Gasteiger partial charge on any atom is 0.256 e. The number of thiophene rings is 1.